The molecule has 0 saturated carbocycles. The van der Waals surface area contributed by atoms with Crippen LogP contribution in [-0.4, -0.2) is 41.0 Å². The SMILES string of the molecule is C/C(=N\S(=O)C(C)(C)C)c1ccc(N2CCOCC2)cc1. The van der Waals surface area contributed by atoms with Gasteiger partial charge in [-0.2, -0.15) is 4.40 Å². The minimum atomic E-state index is -1.22. The van der Waals surface area contributed by atoms with E-state index < -0.39 is 11.0 Å². The lowest BCUT2D eigenvalue weighted by molar-refractivity contribution is 0.122. The Balaban J connectivity index is 2.11. The highest BCUT2D eigenvalue weighted by Gasteiger charge is 2.19. The number of anilines is 1. The monoisotopic (exact) mass is 308 g/mol. The van der Waals surface area contributed by atoms with E-state index in [-0.39, 0.29) is 4.75 Å². The summed E-state index contributed by atoms with van der Waals surface area (Å²) < 4.78 is 21.4. The van der Waals surface area contributed by atoms with Crippen LogP contribution < -0.4 is 4.90 Å². The van der Waals surface area contributed by atoms with Crippen molar-refractivity contribution in [1.29, 1.82) is 0 Å². The second-order valence-corrected chi connectivity index (χ2v) is 8.09. The number of hydrogen-bond donors (Lipinski definition) is 0. The van der Waals surface area contributed by atoms with Gasteiger partial charge < -0.3 is 9.64 Å². The molecule has 0 radical (unpaired) electrons. The van der Waals surface area contributed by atoms with Gasteiger partial charge in [0.05, 0.1) is 23.7 Å². The first-order chi connectivity index (χ1) is 9.88. The van der Waals surface area contributed by atoms with Gasteiger partial charge in [-0.25, -0.2) is 4.21 Å². The molecule has 116 valence electrons. The first-order valence-electron chi connectivity index (χ1n) is 7.28. The lowest BCUT2D eigenvalue weighted by Gasteiger charge is -2.28. The average molecular weight is 308 g/mol. The molecule has 1 aliphatic heterocycles. The van der Waals surface area contributed by atoms with Gasteiger partial charge in [0, 0.05) is 18.8 Å². The summed E-state index contributed by atoms with van der Waals surface area (Å²) in [4.78, 5) is 2.31. The summed E-state index contributed by atoms with van der Waals surface area (Å²) in [6.07, 6.45) is 0. The molecule has 1 atom stereocenters. The van der Waals surface area contributed by atoms with Crippen molar-refractivity contribution in [2.75, 3.05) is 31.2 Å². The van der Waals surface area contributed by atoms with E-state index in [0.717, 1.165) is 37.6 Å². The maximum atomic E-state index is 12.1. The molecule has 1 unspecified atom stereocenters. The molecule has 21 heavy (non-hydrogen) atoms. The van der Waals surface area contributed by atoms with E-state index in [1.165, 1.54) is 5.69 Å². The molecule has 4 nitrogen and oxygen atoms in total. The molecule has 0 bridgehead atoms. The fraction of sp³-hybridized carbons (Fsp3) is 0.562. The zero-order valence-corrected chi connectivity index (χ0v) is 14.1. The van der Waals surface area contributed by atoms with E-state index in [9.17, 15) is 4.21 Å². The second-order valence-electron chi connectivity index (χ2n) is 6.18. The fourth-order valence-electron chi connectivity index (χ4n) is 2.05. The number of hydrogen-bond acceptors (Lipinski definition) is 3. The first-order valence-corrected chi connectivity index (χ1v) is 8.39. The van der Waals surface area contributed by atoms with Crippen LogP contribution in [0.1, 0.15) is 33.3 Å². The molecule has 1 heterocycles. The van der Waals surface area contributed by atoms with Crippen LogP contribution in [0.2, 0.25) is 0 Å². The van der Waals surface area contributed by atoms with Gasteiger partial charge in [0.15, 0.2) is 0 Å². The summed E-state index contributed by atoms with van der Waals surface area (Å²) in [5.41, 5.74) is 3.04. The van der Waals surface area contributed by atoms with Crippen LogP contribution in [0.3, 0.4) is 0 Å². The highest BCUT2D eigenvalue weighted by atomic mass is 32.2. The lowest BCUT2D eigenvalue weighted by atomic mass is 10.1. The Morgan fingerprint density at radius 2 is 1.76 bits per heavy atom. The van der Waals surface area contributed by atoms with Crippen molar-refractivity contribution in [3.63, 3.8) is 0 Å². The van der Waals surface area contributed by atoms with Crippen molar-refractivity contribution >= 4 is 22.4 Å². The molecule has 1 fully saturated rings. The molecule has 1 aliphatic rings. The van der Waals surface area contributed by atoms with Crippen LogP contribution in [0.5, 0.6) is 0 Å². The Bertz CT molecular complexity index is 526. The summed E-state index contributed by atoms with van der Waals surface area (Å²) in [6, 6.07) is 8.28. The Kier molecular flexibility index (Phi) is 5.17. The molecule has 5 heteroatoms. The number of rotatable bonds is 3. The van der Waals surface area contributed by atoms with Gasteiger partial charge in [-0.3, -0.25) is 0 Å². The largest absolute Gasteiger partial charge is 0.378 e. The third-order valence-corrected chi connectivity index (χ3v) is 4.89. The fourth-order valence-corrected chi connectivity index (χ4v) is 2.68. The van der Waals surface area contributed by atoms with Crippen LogP contribution in [-0.2, 0) is 15.7 Å². The first kappa shape index (κ1) is 16.2. The molecule has 0 aromatic heterocycles. The molecule has 1 saturated heterocycles. The Labute approximate surface area is 129 Å². The smallest absolute Gasteiger partial charge is 0.145 e. The topological polar surface area (TPSA) is 41.9 Å². The normalized spacial score (nSPS) is 18.7. The maximum absolute atomic E-state index is 12.1. The Morgan fingerprint density at radius 3 is 2.29 bits per heavy atom. The van der Waals surface area contributed by atoms with Crippen molar-refractivity contribution in [2.24, 2.45) is 4.40 Å². The number of morpholine rings is 1. The molecule has 1 aromatic carbocycles. The summed E-state index contributed by atoms with van der Waals surface area (Å²) in [7, 11) is -1.22. The Hall–Kier alpha value is -1.20. The van der Waals surface area contributed by atoms with E-state index in [1.807, 2.05) is 39.8 Å². The second kappa shape index (κ2) is 6.71. The highest BCUT2D eigenvalue weighted by Crippen LogP contribution is 2.18. The third kappa shape index (κ3) is 4.38. The van der Waals surface area contributed by atoms with Crippen molar-refractivity contribution in [3.8, 4) is 0 Å². The average Bonchev–Trinajstić information content (AvgIpc) is 2.47. The van der Waals surface area contributed by atoms with E-state index in [1.54, 1.807) is 0 Å². The molecule has 0 N–H and O–H groups in total. The van der Waals surface area contributed by atoms with Crippen LogP contribution in [0.4, 0.5) is 5.69 Å². The zero-order chi connectivity index (χ0) is 15.5. The van der Waals surface area contributed by atoms with Crippen LogP contribution >= 0.6 is 0 Å². The van der Waals surface area contributed by atoms with Crippen molar-refractivity contribution in [3.05, 3.63) is 29.8 Å². The van der Waals surface area contributed by atoms with Crippen LogP contribution in [0, 0.1) is 0 Å². The summed E-state index contributed by atoms with van der Waals surface area (Å²) in [6.45, 7) is 11.1. The van der Waals surface area contributed by atoms with Crippen molar-refractivity contribution < 1.29 is 8.95 Å². The number of nitrogens with zero attached hydrogens (tertiary/aromatic N) is 2. The van der Waals surface area contributed by atoms with E-state index in [2.05, 4.69) is 21.4 Å². The van der Waals surface area contributed by atoms with Gasteiger partial charge in [-0.15, -0.1) is 0 Å². The number of benzene rings is 1. The molecule has 1 aromatic rings. The molecule has 2 rings (SSSR count). The molecular formula is C16H24N2O2S. The summed E-state index contributed by atoms with van der Waals surface area (Å²) >= 11 is 0. The summed E-state index contributed by atoms with van der Waals surface area (Å²) in [5.74, 6) is 0. The Morgan fingerprint density at radius 1 is 1.19 bits per heavy atom. The predicted octanol–water partition coefficient (Wildman–Crippen LogP) is 2.79. The minimum Gasteiger partial charge on any atom is -0.378 e. The molecule has 0 aliphatic carbocycles. The van der Waals surface area contributed by atoms with Gasteiger partial charge >= 0.3 is 0 Å². The van der Waals surface area contributed by atoms with Gasteiger partial charge in [0.2, 0.25) is 0 Å². The van der Waals surface area contributed by atoms with E-state index in [0.29, 0.717) is 0 Å². The van der Waals surface area contributed by atoms with Crippen molar-refractivity contribution in [2.45, 2.75) is 32.4 Å². The quantitative estimate of drug-likeness (QED) is 0.806. The predicted molar refractivity (Wildman–Crippen MR) is 89.6 cm³/mol. The van der Waals surface area contributed by atoms with E-state index in [4.69, 9.17) is 4.74 Å². The highest BCUT2D eigenvalue weighted by molar-refractivity contribution is 7.85. The van der Waals surface area contributed by atoms with Gasteiger partial charge in [-0.1, -0.05) is 12.1 Å². The third-order valence-electron chi connectivity index (χ3n) is 3.41. The van der Waals surface area contributed by atoms with E-state index >= 15 is 0 Å². The van der Waals surface area contributed by atoms with Gasteiger partial charge in [0.25, 0.3) is 0 Å². The molecule has 0 spiro atoms. The lowest BCUT2D eigenvalue weighted by Crippen LogP contribution is -2.36. The summed E-state index contributed by atoms with van der Waals surface area (Å²) in [5, 5.41) is 0. The molecule has 0 amide bonds. The maximum Gasteiger partial charge on any atom is 0.145 e. The van der Waals surface area contributed by atoms with Gasteiger partial charge in [0.1, 0.15) is 11.0 Å². The van der Waals surface area contributed by atoms with Crippen molar-refractivity contribution in [1.82, 2.24) is 0 Å². The standard InChI is InChI=1S/C16H24N2O2S/c1-13(17-21(19)16(2,3)4)14-5-7-15(8-6-14)18-9-11-20-12-10-18/h5-8H,9-12H2,1-4H3/b17-13+. The zero-order valence-electron chi connectivity index (χ0n) is 13.3. The van der Waals surface area contributed by atoms with Crippen LogP contribution in [0.15, 0.2) is 28.7 Å². The van der Waals surface area contributed by atoms with Crippen LogP contribution in [0.25, 0.3) is 0 Å². The molecular weight excluding hydrogens is 284 g/mol. The van der Waals surface area contributed by atoms with Gasteiger partial charge in [-0.05, 0) is 45.4 Å². The minimum absolute atomic E-state index is 0.324. The number of ether oxygens (including phenoxy) is 1.